The lowest BCUT2D eigenvalue weighted by Crippen LogP contribution is -2.40. The van der Waals surface area contributed by atoms with Crippen molar-refractivity contribution < 1.29 is 14.3 Å². The molecular formula is C9H14N2O3. The van der Waals surface area contributed by atoms with Gasteiger partial charge in [-0.2, -0.15) is 0 Å². The summed E-state index contributed by atoms with van der Waals surface area (Å²) in [5.74, 6) is 0.794. The van der Waals surface area contributed by atoms with Crippen LogP contribution in [0.5, 0.6) is 0 Å². The minimum Gasteiger partial charge on any atom is -0.403 e. The quantitative estimate of drug-likeness (QED) is 0.692. The molecule has 5 nitrogen and oxygen atoms in total. The third-order valence-electron chi connectivity index (χ3n) is 2.13. The number of nitrogens with zero attached hydrogens (tertiary/aromatic N) is 1. The van der Waals surface area contributed by atoms with Gasteiger partial charge in [0.2, 0.25) is 0 Å². The zero-order valence-electron chi connectivity index (χ0n) is 8.10. The first-order chi connectivity index (χ1) is 6.79. The van der Waals surface area contributed by atoms with E-state index in [9.17, 15) is 0 Å². The lowest BCUT2D eigenvalue weighted by molar-refractivity contribution is -0.271. The normalized spacial score (nSPS) is 27.4. The van der Waals surface area contributed by atoms with E-state index in [2.05, 4.69) is 0 Å². The maximum Gasteiger partial charge on any atom is 0.154 e. The number of rotatable bonds is 2. The van der Waals surface area contributed by atoms with Gasteiger partial charge >= 0.3 is 0 Å². The van der Waals surface area contributed by atoms with Gasteiger partial charge in [-0.1, -0.05) is 5.06 Å². The summed E-state index contributed by atoms with van der Waals surface area (Å²) in [7, 11) is 1.61. The van der Waals surface area contributed by atoms with Crippen molar-refractivity contribution in [2.24, 2.45) is 5.73 Å². The van der Waals surface area contributed by atoms with E-state index in [0.29, 0.717) is 19.9 Å². The second-order valence-corrected chi connectivity index (χ2v) is 3.29. The Kier molecular flexibility index (Phi) is 2.72. The molecule has 0 aromatic heterocycles. The Bertz CT molecular complexity index is 275. The summed E-state index contributed by atoms with van der Waals surface area (Å²) in [5.41, 5.74) is 6.50. The van der Waals surface area contributed by atoms with Crippen LogP contribution in [0.15, 0.2) is 23.6 Å². The van der Waals surface area contributed by atoms with Crippen LogP contribution in [0, 0.1) is 0 Å². The topological polar surface area (TPSA) is 57.0 Å². The van der Waals surface area contributed by atoms with Gasteiger partial charge in [-0.15, -0.1) is 0 Å². The Morgan fingerprint density at radius 3 is 3.29 bits per heavy atom. The molecule has 1 saturated heterocycles. The van der Waals surface area contributed by atoms with Crippen molar-refractivity contribution in [2.75, 3.05) is 20.6 Å². The Balaban J connectivity index is 2.01. The minimum absolute atomic E-state index is 0.0342. The molecule has 1 aliphatic carbocycles. The van der Waals surface area contributed by atoms with E-state index in [4.69, 9.17) is 20.0 Å². The molecule has 5 heteroatoms. The molecule has 1 unspecified atom stereocenters. The van der Waals surface area contributed by atoms with Crippen LogP contribution in [0.4, 0.5) is 0 Å². The maximum atomic E-state index is 5.68. The van der Waals surface area contributed by atoms with Crippen molar-refractivity contribution in [2.45, 2.75) is 12.5 Å². The monoisotopic (exact) mass is 198 g/mol. The molecule has 2 N–H and O–H groups in total. The van der Waals surface area contributed by atoms with Crippen LogP contribution in [0.25, 0.3) is 0 Å². The van der Waals surface area contributed by atoms with Crippen molar-refractivity contribution >= 4 is 0 Å². The van der Waals surface area contributed by atoms with Gasteiger partial charge in [0, 0.05) is 19.2 Å². The maximum absolute atomic E-state index is 5.68. The van der Waals surface area contributed by atoms with Gasteiger partial charge < -0.3 is 20.0 Å². The zero-order chi connectivity index (χ0) is 9.97. The minimum atomic E-state index is -0.0342. The number of nitrogens with two attached hydrogens (primary N) is 1. The Hall–Kier alpha value is -1.04. The second-order valence-electron chi connectivity index (χ2n) is 3.29. The summed E-state index contributed by atoms with van der Waals surface area (Å²) in [6.07, 6.45) is 4.34. The summed E-state index contributed by atoms with van der Waals surface area (Å²) < 4.78 is 10.5. The molecule has 1 fully saturated rings. The summed E-state index contributed by atoms with van der Waals surface area (Å²) in [6.45, 7) is 0.798. The summed E-state index contributed by atoms with van der Waals surface area (Å²) >= 11 is 0. The van der Waals surface area contributed by atoms with E-state index in [-0.39, 0.29) is 6.10 Å². The van der Waals surface area contributed by atoms with E-state index in [0.717, 1.165) is 11.5 Å². The summed E-state index contributed by atoms with van der Waals surface area (Å²) in [5, 5.41) is 1.61. The fraction of sp³-hybridized carbons (Fsp3) is 0.556. The van der Waals surface area contributed by atoms with Crippen molar-refractivity contribution in [3.8, 4) is 0 Å². The van der Waals surface area contributed by atoms with Crippen molar-refractivity contribution in [1.82, 2.24) is 5.06 Å². The average molecular weight is 198 g/mol. The van der Waals surface area contributed by atoms with Crippen LogP contribution in [-0.2, 0) is 14.3 Å². The Labute approximate surface area is 82.7 Å². The molecule has 2 aliphatic rings. The average Bonchev–Trinajstić information content (AvgIpc) is 2.19. The van der Waals surface area contributed by atoms with Crippen LogP contribution in [0.2, 0.25) is 0 Å². The predicted octanol–water partition coefficient (Wildman–Crippen LogP) is 0.310. The summed E-state index contributed by atoms with van der Waals surface area (Å²) in [4.78, 5) is 5.52. The number of methoxy groups -OCH3 is 1. The first-order valence-corrected chi connectivity index (χ1v) is 4.49. The van der Waals surface area contributed by atoms with E-state index >= 15 is 0 Å². The first kappa shape index (κ1) is 9.51. The van der Waals surface area contributed by atoms with Crippen LogP contribution in [0.1, 0.15) is 6.42 Å². The molecule has 0 bridgehead atoms. The molecule has 0 amide bonds. The zero-order valence-corrected chi connectivity index (χ0v) is 8.10. The number of ether oxygens (including phenoxy) is 2. The Morgan fingerprint density at radius 1 is 1.64 bits per heavy atom. The lowest BCUT2D eigenvalue weighted by atomic mass is 10.1. The third-order valence-corrected chi connectivity index (χ3v) is 2.13. The van der Waals surface area contributed by atoms with Crippen LogP contribution in [-0.4, -0.2) is 31.7 Å². The fourth-order valence-corrected chi connectivity index (χ4v) is 1.47. The number of hydroxylamine groups is 2. The molecule has 0 aromatic carbocycles. The van der Waals surface area contributed by atoms with Crippen molar-refractivity contribution in [3.63, 3.8) is 0 Å². The van der Waals surface area contributed by atoms with E-state index in [1.807, 2.05) is 12.2 Å². The number of fused-ring (bicyclic) bond motifs is 1. The molecule has 0 spiro atoms. The molecule has 2 rings (SSSR count). The van der Waals surface area contributed by atoms with Gasteiger partial charge in [0.15, 0.2) is 5.76 Å². The standard InChI is InChI=1S/C9H14N2O3/c1-12-5-11-6-13-9-4-7(10)2-3-8(9)14-11/h2-3,9H,4-6,10H2,1H3. The molecule has 0 saturated carbocycles. The highest BCUT2D eigenvalue weighted by Crippen LogP contribution is 2.25. The van der Waals surface area contributed by atoms with Crippen LogP contribution >= 0.6 is 0 Å². The number of allylic oxidation sites excluding steroid dienone is 2. The second kappa shape index (κ2) is 4.00. The number of hydrogen-bond donors (Lipinski definition) is 1. The van der Waals surface area contributed by atoms with Crippen molar-refractivity contribution in [1.29, 1.82) is 0 Å². The smallest absolute Gasteiger partial charge is 0.154 e. The molecule has 0 radical (unpaired) electrons. The largest absolute Gasteiger partial charge is 0.403 e. The molecule has 1 aliphatic heterocycles. The molecular weight excluding hydrogens is 184 g/mol. The first-order valence-electron chi connectivity index (χ1n) is 4.49. The van der Waals surface area contributed by atoms with Gasteiger partial charge in [-0.3, -0.25) is 0 Å². The third kappa shape index (κ3) is 1.89. The van der Waals surface area contributed by atoms with Gasteiger partial charge in [-0.05, 0) is 12.2 Å². The molecule has 0 aromatic rings. The van der Waals surface area contributed by atoms with E-state index in [1.54, 1.807) is 12.2 Å². The summed E-state index contributed by atoms with van der Waals surface area (Å²) in [6, 6.07) is 0. The highest BCUT2D eigenvalue weighted by molar-refractivity contribution is 5.23. The highest BCUT2D eigenvalue weighted by Gasteiger charge is 2.28. The van der Waals surface area contributed by atoms with E-state index < -0.39 is 0 Å². The predicted molar refractivity (Wildman–Crippen MR) is 49.5 cm³/mol. The lowest BCUT2D eigenvalue weighted by Gasteiger charge is -2.34. The molecule has 14 heavy (non-hydrogen) atoms. The van der Waals surface area contributed by atoms with Gasteiger partial charge in [0.05, 0.1) is 0 Å². The van der Waals surface area contributed by atoms with Crippen molar-refractivity contribution in [3.05, 3.63) is 23.6 Å². The Morgan fingerprint density at radius 2 is 2.50 bits per heavy atom. The number of hydrogen-bond acceptors (Lipinski definition) is 5. The molecule has 1 heterocycles. The molecule has 78 valence electrons. The van der Waals surface area contributed by atoms with Crippen LogP contribution in [0.3, 0.4) is 0 Å². The highest BCUT2D eigenvalue weighted by atomic mass is 16.8. The van der Waals surface area contributed by atoms with E-state index in [1.165, 1.54) is 0 Å². The van der Waals surface area contributed by atoms with Gasteiger partial charge in [-0.25, -0.2) is 0 Å². The fourth-order valence-electron chi connectivity index (χ4n) is 1.47. The van der Waals surface area contributed by atoms with Gasteiger partial charge in [0.25, 0.3) is 0 Å². The van der Waals surface area contributed by atoms with Crippen LogP contribution < -0.4 is 5.73 Å². The SMILES string of the molecule is COCN1COC2CC(N)=CC=C2O1. The van der Waals surface area contributed by atoms with Gasteiger partial charge in [0.1, 0.15) is 19.6 Å². The molecule has 1 atom stereocenters.